The first-order valence-electron chi connectivity index (χ1n) is 8.11. The Morgan fingerprint density at radius 2 is 1.44 bits per heavy atom. The molecule has 0 aromatic heterocycles. The molecule has 11 heteroatoms. The van der Waals surface area contributed by atoms with Gasteiger partial charge in [0, 0.05) is 39.4 Å². The fourth-order valence-corrected chi connectivity index (χ4v) is 3.26. The Morgan fingerprint density at radius 3 is 1.89 bits per heavy atom. The molecular weight excluding hydrogens is 432 g/mol. The molecule has 1 N–H and O–H groups in total. The summed E-state index contributed by atoms with van der Waals surface area (Å²) in [5.41, 5.74) is 0. The zero-order chi connectivity index (χ0) is 20.8. The lowest BCUT2D eigenvalue weighted by molar-refractivity contribution is -0.352. The normalized spacial score (nSPS) is 30.1. The van der Waals surface area contributed by atoms with Gasteiger partial charge in [0.05, 0.1) is 0 Å². The van der Waals surface area contributed by atoms with E-state index in [1.165, 1.54) is 6.92 Å². The Balaban J connectivity index is 3.36. The van der Waals surface area contributed by atoms with E-state index >= 15 is 0 Å². The summed E-state index contributed by atoms with van der Waals surface area (Å²) in [5.74, 6) is -4.98. The number of carbonyl (C=O) groups excluding carboxylic acids is 4. The van der Waals surface area contributed by atoms with E-state index in [4.69, 9.17) is 23.7 Å². The van der Waals surface area contributed by atoms with Crippen molar-refractivity contribution in [3.05, 3.63) is 0 Å². The predicted octanol–water partition coefficient (Wildman–Crippen LogP) is 0.217. The van der Waals surface area contributed by atoms with Crippen molar-refractivity contribution in [3.8, 4) is 0 Å². The first-order valence-corrected chi connectivity index (χ1v) is 9.23. The second kappa shape index (κ2) is 10.00. The Kier molecular flexibility index (Phi) is 8.63. The summed E-state index contributed by atoms with van der Waals surface area (Å²) in [6, 6.07) is 0. The number of halogens is 1. The third kappa shape index (κ3) is 6.74. The molecule has 1 heterocycles. The van der Waals surface area contributed by atoms with Gasteiger partial charge in [-0.1, -0.05) is 15.9 Å². The van der Waals surface area contributed by atoms with Crippen LogP contribution in [0.15, 0.2) is 0 Å². The average molecular weight is 455 g/mol. The van der Waals surface area contributed by atoms with Gasteiger partial charge in [-0.25, -0.2) is 0 Å². The van der Waals surface area contributed by atoms with Crippen molar-refractivity contribution in [2.24, 2.45) is 0 Å². The lowest BCUT2D eigenvalue weighted by Crippen LogP contribution is -2.68. The van der Waals surface area contributed by atoms with Gasteiger partial charge < -0.3 is 28.8 Å². The molecule has 0 amide bonds. The van der Waals surface area contributed by atoms with Crippen molar-refractivity contribution in [1.29, 1.82) is 0 Å². The van der Waals surface area contributed by atoms with Gasteiger partial charge in [-0.15, -0.1) is 0 Å². The summed E-state index contributed by atoms with van der Waals surface area (Å²) in [6.07, 6.45) is -5.38. The first kappa shape index (κ1) is 23.3. The van der Waals surface area contributed by atoms with Crippen molar-refractivity contribution in [3.63, 3.8) is 0 Å². The number of hydrogen-bond donors (Lipinski definition) is 1. The molecule has 1 fully saturated rings. The smallest absolute Gasteiger partial charge is 0.303 e. The van der Waals surface area contributed by atoms with Crippen LogP contribution in [0.25, 0.3) is 0 Å². The van der Waals surface area contributed by atoms with Crippen LogP contribution in [-0.2, 0) is 42.9 Å². The Labute approximate surface area is 164 Å². The van der Waals surface area contributed by atoms with Crippen LogP contribution in [0.4, 0.5) is 0 Å². The first-order chi connectivity index (χ1) is 12.5. The van der Waals surface area contributed by atoms with Crippen LogP contribution in [0, 0.1) is 0 Å². The molecule has 1 rings (SSSR count). The van der Waals surface area contributed by atoms with Crippen LogP contribution in [0.5, 0.6) is 0 Å². The minimum absolute atomic E-state index is 0.0634. The van der Waals surface area contributed by atoms with Crippen LogP contribution >= 0.6 is 15.9 Å². The minimum Gasteiger partial charge on any atom is -0.463 e. The second-order valence-corrected chi connectivity index (χ2v) is 6.71. The molecule has 27 heavy (non-hydrogen) atoms. The molecule has 0 spiro atoms. The highest BCUT2D eigenvalue weighted by atomic mass is 79.9. The maximum absolute atomic E-state index is 11.6. The molecule has 10 nitrogen and oxygen atoms in total. The van der Waals surface area contributed by atoms with Gasteiger partial charge in [0.25, 0.3) is 0 Å². The number of carbonyl (C=O) groups is 4. The van der Waals surface area contributed by atoms with Crippen molar-refractivity contribution < 1.29 is 48.0 Å². The molecule has 5 atom stereocenters. The molecule has 0 aromatic rings. The van der Waals surface area contributed by atoms with Gasteiger partial charge in [-0.2, -0.15) is 0 Å². The molecule has 0 aliphatic carbocycles. The number of alkyl halides is 1. The maximum Gasteiger partial charge on any atom is 0.303 e. The number of rotatable bonds is 7. The van der Waals surface area contributed by atoms with Crippen LogP contribution in [0.1, 0.15) is 34.1 Å². The summed E-state index contributed by atoms with van der Waals surface area (Å²) < 4.78 is 26.1. The third-order valence-electron chi connectivity index (χ3n) is 3.59. The van der Waals surface area contributed by atoms with Gasteiger partial charge in [0.15, 0.2) is 18.3 Å². The van der Waals surface area contributed by atoms with E-state index < -0.39 is 54.1 Å². The summed E-state index contributed by atoms with van der Waals surface area (Å²) in [5, 5.41) is 11.2. The summed E-state index contributed by atoms with van der Waals surface area (Å²) in [6.45, 7) is 4.11. The van der Waals surface area contributed by atoms with Gasteiger partial charge in [-0.05, 0) is 0 Å². The number of hydrogen-bond acceptors (Lipinski definition) is 10. The fraction of sp³-hybridized carbons (Fsp3) is 0.750. The predicted molar refractivity (Wildman–Crippen MR) is 91.5 cm³/mol. The van der Waals surface area contributed by atoms with Crippen LogP contribution in [0.3, 0.4) is 0 Å². The quantitative estimate of drug-likeness (QED) is 0.323. The Hall–Kier alpha value is -1.72. The SMILES string of the molecule is CC(=O)OC[C@H]1O[C@@](O)(CCBr)[C@@H](OC(C)=O)[C@@H](OC(C)=O)[C@@H]1OC(C)=O. The second-order valence-electron chi connectivity index (χ2n) is 5.92. The number of ether oxygens (including phenoxy) is 5. The summed E-state index contributed by atoms with van der Waals surface area (Å²) in [4.78, 5) is 45.8. The topological polar surface area (TPSA) is 135 Å². The number of esters is 4. The fourth-order valence-electron chi connectivity index (χ4n) is 2.69. The van der Waals surface area contributed by atoms with Gasteiger partial charge in [0.1, 0.15) is 12.7 Å². The molecule has 1 aliphatic rings. The molecule has 0 saturated carbocycles. The highest BCUT2D eigenvalue weighted by molar-refractivity contribution is 9.09. The largest absolute Gasteiger partial charge is 0.463 e. The Morgan fingerprint density at radius 1 is 0.926 bits per heavy atom. The lowest BCUT2D eigenvalue weighted by atomic mass is 9.90. The molecule has 154 valence electrons. The molecule has 0 unspecified atom stereocenters. The zero-order valence-corrected chi connectivity index (χ0v) is 17.0. The maximum atomic E-state index is 11.6. The standard InChI is InChI=1S/C16H23BrO10/c1-8(18)23-7-12-13(24-9(2)19)14(25-10(3)20)15(26-11(4)21)16(22,27-12)5-6-17/h12-15,22H,5-7H2,1-4H3/t12-,13-,14+,15+,16+/m1/s1. The molecule has 1 saturated heterocycles. The summed E-state index contributed by atoms with van der Waals surface area (Å²) >= 11 is 3.16. The van der Waals surface area contributed by atoms with E-state index in [0.717, 1.165) is 20.8 Å². The van der Waals surface area contributed by atoms with Crippen LogP contribution in [-0.4, -0.2) is 71.1 Å². The van der Waals surface area contributed by atoms with E-state index in [-0.39, 0.29) is 18.4 Å². The zero-order valence-electron chi connectivity index (χ0n) is 15.4. The van der Waals surface area contributed by atoms with E-state index in [1.54, 1.807) is 0 Å². The van der Waals surface area contributed by atoms with Crippen molar-refractivity contribution in [2.45, 2.75) is 64.3 Å². The minimum atomic E-state index is -2.09. The van der Waals surface area contributed by atoms with E-state index in [1.807, 2.05) is 0 Å². The van der Waals surface area contributed by atoms with Gasteiger partial charge in [-0.3, -0.25) is 19.2 Å². The molecule has 0 bridgehead atoms. The highest BCUT2D eigenvalue weighted by Gasteiger charge is 2.59. The van der Waals surface area contributed by atoms with Crippen molar-refractivity contribution in [1.82, 2.24) is 0 Å². The molecule has 0 aromatic carbocycles. The van der Waals surface area contributed by atoms with Gasteiger partial charge >= 0.3 is 23.9 Å². The van der Waals surface area contributed by atoms with E-state index in [0.29, 0.717) is 0 Å². The van der Waals surface area contributed by atoms with Crippen LogP contribution < -0.4 is 0 Å². The van der Waals surface area contributed by atoms with Crippen LogP contribution in [0.2, 0.25) is 0 Å². The average Bonchev–Trinajstić information content (AvgIpc) is 2.51. The monoisotopic (exact) mass is 454 g/mol. The van der Waals surface area contributed by atoms with E-state index in [9.17, 15) is 24.3 Å². The van der Waals surface area contributed by atoms with Crippen molar-refractivity contribution in [2.75, 3.05) is 11.9 Å². The van der Waals surface area contributed by atoms with Crippen molar-refractivity contribution >= 4 is 39.8 Å². The molecule has 1 aliphatic heterocycles. The molecular formula is C16H23BrO10. The third-order valence-corrected chi connectivity index (χ3v) is 3.99. The van der Waals surface area contributed by atoms with E-state index in [2.05, 4.69) is 15.9 Å². The summed E-state index contributed by atoms with van der Waals surface area (Å²) in [7, 11) is 0. The highest BCUT2D eigenvalue weighted by Crippen LogP contribution is 2.36. The molecule has 0 radical (unpaired) electrons. The number of aliphatic hydroxyl groups is 1. The lowest BCUT2D eigenvalue weighted by Gasteiger charge is -2.48. The van der Waals surface area contributed by atoms with Gasteiger partial charge in [0.2, 0.25) is 5.79 Å². The Bertz CT molecular complexity index is 580.